The standard InChI is InChI=1S/C12H16N2O2/c1-7-5-9(6-8(2)11(7)14)12(16)10(15)3-4-13/h5-6,10,12,15-16H,3,14H2,1-2H3. The van der Waals surface area contributed by atoms with Crippen molar-refractivity contribution in [2.45, 2.75) is 32.5 Å². The average Bonchev–Trinajstić information content (AvgIpc) is 2.24. The first-order valence-electron chi connectivity index (χ1n) is 5.07. The Kier molecular flexibility index (Phi) is 3.88. The first-order chi connectivity index (χ1) is 7.47. The van der Waals surface area contributed by atoms with E-state index in [1.807, 2.05) is 19.9 Å². The molecule has 2 atom stereocenters. The number of aliphatic hydroxyl groups is 2. The molecular weight excluding hydrogens is 204 g/mol. The van der Waals surface area contributed by atoms with Crippen molar-refractivity contribution in [2.24, 2.45) is 0 Å². The molecule has 0 aromatic heterocycles. The molecule has 1 aromatic carbocycles. The fourth-order valence-corrected chi connectivity index (χ4v) is 1.61. The summed E-state index contributed by atoms with van der Waals surface area (Å²) in [6, 6.07) is 5.28. The fourth-order valence-electron chi connectivity index (χ4n) is 1.61. The lowest BCUT2D eigenvalue weighted by Crippen LogP contribution is -2.18. The second kappa shape index (κ2) is 4.97. The van der Waals surface area contributed by atoms with Gasteiger partial charge in [0.25, 0.3) is 0 Å². The zero-order chi connectivity index (χ0) is 12.3. The van der Waals surface area contributed by atoms with Crippen LogP contribution in [-0.2, 0) is 0 Å². The third-order valence-corrected chi connectivity index (χ3v) is 2.62. The van der Waals surface area contributed by atoms with E-state index >= 15 is 0 Å². The minimum absolute atomic E-state index is 0.0936. The second-order valence-corrected chi connectivity index (χ2v) is 3.94. The predicted octanol–water partition coefficient (Wildman–Crippen LogP) is 1.19. The molecular formula is C12H16N2O2. The number of anilines is 1. The molecule has 1 aromatic rings. The van der Waals surface area contributed by atoms with E-state index in [2.05, 4.69) is 0 Å². The molecule has 0 aliphatic carbocycles. The fraction of sp³-hybridized carbons (Fsp3) is 0.417. The number of aliphatic hydroxyl groups excluding tert-OH is 2. The number of hydrogen-bond acceptors (Lipinski definition) is 4. The minimum Gasteiger partial charge on any atom is -0.398 e. The molecule has 0 amide bonds. The summed E-state index contributed by atoms with van der Waals surface area (Å²) in [6.45, 7) is 3.68. The third kappa shape index (κ3) is 2.51. The van der Waals surface area contributed by atoms with Crippen molar-refractivity contribution < 1.29 is 10.2 Å². The molecule has 0 bridgehead atoms. The van der Waals surface area contributed by atoms with E-state index in [-0.39, 0.29) is 6.42 Å². The maximum absolute atomic E-state index is 9.82. The Labute approximate surface area is 94.9 Å². The van der Waals surface area contributed by atoms with E-state index in [9.17, 15) is 10.2 Å². The summed E-state index contributed by atoms with van der Waals surface area (Å²) in [5, 5.41) is 27.8. The molecule has 0 spiro atoms. The Morgan fingerprint density at radius 3 is 2.25 bits per heavy atom. The Morgan fingerprint density at radius 1 is 1.31 bits per heavy atom. The Balaban J connectivity index is 3.01. The van der Waals surface area contributed by atoms with Crippen LogP contribution in [0.1, 0.15) is 29.2 Å². The number of benzene rings is 1. The van der Waals surface area contributed by atoms with Gasteiger partial charge < -0.3 is 15.9 Å². The van der Waals surface area contributed by atoms with Crippen LogP contribution in [0.3, 0.4) is 0 Å². The molecule has 1 rings (SSSR count). The van der Waals surface area contributed by atoms with Gasteiger partial charge in [-0.15, -0.1) is 0 Å². The zero-order valence-electron chi connectivity index (χ0n) is 9.44. The highest BCUT2D eigenvalue weighted by molar-refractivity contribution is 5.54. The maximum atomic E-state index is 9.82. The van der Waals surface area contributed by atoms with Gasteiger partial charge in [0.15, 0.2) is 0 Å². The van der Waals surface area contributed by atoms with Gasteiger partial charge in [0, 0.05) is 5.69 Å². The highest BCUT2D eigenvalue weighted by atomic mass is 16.3. The number of nitrogens with two attached hydrogens (primary N) is 1. The van der Waals surface area contributed by atoms with E-state index in [4.69, 9.17) is 11.0 Å². The topological polar surface area (TPSA) is 90.3 Å². The Morgan fingerprint density at radius 2 is 1.81 bits per heavy atom. The van der Waals surface area contributed by atoms with Gasteiger partial charge in [-0.25, -0.2) is 0 Å². The van der Waals surface area contributed by atoms with Crippen molar-refractivity contribution in [1.29, 1.82) is 5.26 Å². The summed E-state index contributed by atoms with van der Waals surface area (Å²) in [7, 11) is 0. The molecule has 4 heteroatoms. The van der Waals surface area contributed by atoms with E-state index in [1.165, 1.54) is 0 Å². The smallest absolute Gasteiger partial charge is 0.106 e. The van der Waals surface area contributed by atoms with E-state index in [0.29, 0.717) is 11.3 Å². The molecule has 4 nitrogen and oxygen atoms in total. The van der Waals surface area contributed by atoms with Crippen LogP contribution in [0.4, 0.5) is 5.69 Å². The molecule has 0 saturated carbocycles. The van der Waals surface area contributed by atoms with Gasteiger partial charge in [-0.2, -0.15) is 5.26 Å². The summed E-state index contributed by atoms with van der Waals surface area (Å²) in [4.78, 5) is 0. The molecule has 0 saturated heterocycles. The molecule has 0 aliphatic heterocycles. The van der Waals surface area contributed by atoms with Crippen LogP contribution in [0, 0.1) is 25.2 Å². The van der Waals surface area contributed by atoms with Gasteiger partial charge in [0.2, 0.25) is 0 Å². The number of nitrogens with zero attached hydrogens (tertiary/aromatic N) is 1. The summed E-state index contributed by atoms with van der Waals surface area (Å²) in [5.41, 5.74) is 8.78. The highest BCUT2D eigenvalue weighted by Gasteiger charge is 2.19. The molecule has 86 valence electrons. The lowest BCUT2D eigenvalue weighted by molar-refractivity contribution is 0.0216. The van der Waals surface area contributed by atoms with Crippen LogP contribution in [0.5, 0.6) is 0 Å². The van der Waals surface area contributed by atoms with Gasteiger partial charge in [-0.1, -0.05) is 12.1 Å². The number of nitriles is 1. The van der Waals surface area contributed by atoms with E-state index in [0.717, 1.165) is 11.1 Å². The summed E-state index contributed by atoms with van der Waals surface area (Å²) >= 11 is 0. The molecule has 16 heavy (non-hydrogen) atoms. The van der Waals surface area contributed by atoms with Crippen molar-refractivity contribution in [3.63, 3.8) is 0 Å². The van der Waals surface area contributed by atoms with Crippen LogP contribution in [0.15, 0.2) is 12.1 Å². The lowest BCUT2D eigenvalue weighted by Gasteiger charge is -2.17. The zero-order valence-corrected chi connectivity index (χ0v) is 9.44. The number of nitrogen functional groups attached to an aromatic ring is 1. The van der Waals surface area contributed by atoms with Crippen LogP contribution in [0.2, 0.25) is 0 Å². The monoisotopic (exact) mass is 220 g/mol. The van der Waals surface area contributed by atoms with Crippen molar-refractivity contribution >= 4 is 5.69 Å². The Bertz CT molecular complexity index is 401. The SMILES string of the molecule is Cc1cc(C(O)C(O)CC#N)cc(C)c1N. The predicted molar refractivity (Wildman–Crippen MR) is 61.5 cm³/mol. The molecule has 0 fully saturated rings. The molecule has 4 N–H and O–H groups in total. The van der Waals surface area contributed by atoms with Crippen molar-refractivity contribution in [3.8, 4) is 6.07 Å². The molecule has 0 aliphatic rings. The van der Waals surface area contributed by atoms with Gasteiger partial charge in [-0.3, -0.25) is 0 Å². The van der Waals surface area contributed by atoms with Gasteiger partial charge in [0.05, 0.1) is 18.6 Å². The number of rotatable bonds is 3. The average molecular weight is 220 g/mol. The normalized spacial score (nSPS) is 14.2. The molecule has 0 radical (unpaired) electrons. The second-order valence-electron chi connectivity index (χ2n) is 3.94. The summed E-state index contributed by atoms with van der Waals surface area (Å²) < 4.78 is 0. The van der Waals surface area contributed by atoms with E-state index in [1.54, 1.807) is 12.1 Å². The van der Waals surface area contributed by atoms with Crippen LogP contribution < -0.4 is 5.73 Å². The van der Waals surface area contributed by atoms with Crippen LogP contribution >= 0.6 is 0 Å². The van der Waals surface area contributed by atoms with Crippen molar-refractivity contribution in [2.75, 3.05) is 5.73 Å². The lowest BCUT2D eigenvalue weighted by atomic mass is 9.97. The van der Waals surface area contributed by atoms with Crippen LogP contribution in [0.25, 0.3) is 0 Å². The largest absolute Gasteiger partial charge is 0.398 e. The van der Waals surface area contributed by atoms with Gasteiger partial charge in [0.1, 0.15) is 6.10 Å². The number of hydrogen-bond donors (Lipinski definition) is 3. The van der Waals surface area contributed by atoms with E-state index < -0.39 is 12.2 Å². The number of aryl methyl sites for hydroxylation is 2. The highest BCUT2D eigenvalue weighted by Crippen LogP contribution is 2.25. The molecule has 2 unspecified atom stereocenters. The minimum atomic E-state index is -1.06. The van der Waals surface area contributed by atoms with Crippen molar-refractivity contribution in [1.82, 2.24) is 0 Å². The van der Waals surface area contributed by atoms with Gasteiger partial charge in [-0.05, 0) is 30.5 Å². The third-order valence-electron chi connectivity index (χ3n) is 2.62. The van der Waals surface area contributed by atoms with Gasteiger partial charge >= 0.3 is 0 Å². The first-order valence-corrected chi connectivity index (χ1v) is 5.07. The summed E-state index contributed by atoms with van der Waals surface area (Å²) in [5.74, 6) is 0. The van der Waals surface area contributed by atoms with Crippen LogP contribution in [-0.4, -0.2) is 16.3 Å². The maximum Gasteiger partial charge on any atom is 0.106 e. The quantitative estimate of drug-likeness (QED) is 0.667. The summed E-state index contributed by atoms with van der Waals surface area (Å²) in [6.07, 6.45) is -2.20. The Hall–Kier alpha value is -1.57. The molecule has 0 heterocycles. The van der Waals surface area contributed by atoms with Crippen molar-refractivity contribution in [3.05, 3.63) is 28.8 Å². The first kappa shape index (κ1) is 12.5.